The standard InChI is InChI=1S/C24H21F2N4O2S2.ClH/c1-4-30-19(12-16-7-5-6-10-29(16)13-15-11-14(2)32-27-15)33-22(23(30)31)24-28(3)18-9-8-17(25)20(26)21(18)34-24;/h5-12H,4,13H2,1-3H3;1H/q+1;/p-1/b24-22+;. The maximum atomic E-state index is 14.4. The van der Waals surface area contributed by atoms with Crippen molar-refractivity contribution in [3.8, 4) is 0 Å². The monoisotopic (exact) mass is 534 g/mol. The van der Waals surface area contributed by atoms with Crippen LogP contribution >= 0.6 is 23.1 Å². The van der Waals surface area contributed by atoms with Crippen molar-refractivity contribution in [2.45, 2.75) is 31.8 Å². The molecule has 0 atom stereocenters. The zero-order valence-corrected chi connectivity index (χ0v) is 21.5. The minimum absolute atomic E-state index is 0. The number of thioether (sulfide) groups is 1. The molecule has 11 heteroatoms. The molecule has 3 aromatic heterocycles. The largest absolute Gasteiger partial charge is 1.00 e. The molecular weight excluding hydrogens is 514 g/mol. The summed E-state index contributed by atoms with van der Waals surface area (Å²) >= 11 is 2.42. The summed E-state index contributed by atoms with van der Waals surface area (Å²) in [5, 5.41) is 4.67. The smallest absolute Gasteiger partial charge is 0.271 e. The van der Waals surface area contributed by atoms with Crippen LogP contribution in [0.15, 0.2) is 56.8 Å². The molecule has 4 aromatic rings. The number of nitrogens with zero attached hydrogens (tertiary/aromatic N) is 4. The summed E-state index contributed by atoms with van der Waals surface area (Å²) in [6.45, 7) is 4.76. The third-order valence-corrected chi connectivity index (χ3v) is 8.09. The topological polar surface area (TPSA) is 55.2 Å². The van der Waals surface area contributed by atoms with Crippen LogP contribution in [0.1, 0.15) is 24.1 Å². The first-order chi connectivity index (χ1) is 16.4. The highest BCUT2D eigenvalue weighted by molar-refractivity contribution is 8.08. The van der Waals surface area contributed by atoms with E-state index in [1.54, 1.807) is 16.5 Å². The van der Waals surface area contributed by atoms with E-state index in [9.17, 15) is 13.6 Å². The van der Waals surface area contributed by atoms with Crippen molar-refractivity contribution in [1.82, 2.24) is 9.72 Å². The molecule has 4 heterocycles. The van der Waals surface area contributed by atoms with E-state index in [-0.39, 0.29) is 22.9 Å². The van der Waals surface area contributed by atoms with Crippen LogP contribution in [-0.4, -0.2) is 16.8 Å². The number of hydrogen-bond acceptors (Lipinski definition) is 6. The zero-order valence-electron chi connectivity index (χ0n) is 19.1. The molecule has 5 rings (SSSR count). The van der Waals surface area contributed by atoms with Crippen LogP contribution in [0.25, 0.3) is 11.1 Å². The molecule has 0 saturated heterocycles. The molecule has 182 valence electrons. The van der Waals surface area contributed by atoms with Crippen molar-refractivity contribution in [3.63, 3.8) is 0 Å². The molecule has 0 bridgehead atoms. The summed E-state index contributed by atoms with van der Waals surface area (Å²) in [6, 6.07) is 10.4. The van der Waals surface area contributed by atoms with Crippen LogP contribution in [0.2, 0.25) is 0 Å². The second-order valence-electron chi connectivity index (χ2n) is 7.82. The van der Waals surface area contributed by atoms with Crippen molar-refractivity contribution >= 4 is 39.9 Å². The average Bonchev–Trinajstić information content (AvgIpc) is 3.47. The van der Waals surface area contributed by atoms with Crippen molar-refractivity contribution in [2.24, 2.45) is 0 Å². The minimum Gasteiger partial charge on any atom is -1.00 e. The van der Waals surface area contributed by atoms with Gasteiger partial charge in [0.2, 0.25) is 5.69 Å². The van der Waals surface area contributed by atoms with Gasteiger partial charge in [0, 0.05) is 37.9 Å². The first-order valence-corrected chi connectivity index (χ1v) is 12.3. The molecule has 0 amide bonds. The second kappa shape index (κ2) is 9.96. The van der Waals surface area contributed by atoms with Gasteiger partial charge in [0.25, 0.3) is 5.56 Å². The predicted octanol–water partition coefficient (Wildman–Crippen LogP) is -0.0193. The zero-order chi connectivity index (χ0) is 24.0. The number of pyridine rings is 1. The van der Waals surface area contributed by atoms with E-state index in [1.165, 1.54) is 17.4 Å². The molecule has 35 heavy (non-hydrogen) atoms. The molecule has 0 N–H and O–H groups in total. The number of anilines is 1. The van der Waals surface area contributed by atoms with E-state index in [4.69, 9.17) is 4.52 Å². The van der Waals surface area contributed by atoms with E-state index < -0.39 is 11.6 Å². The van der Waals surface area contributed by atoms with Gasteiger partial charge in [-0.3, -0.25) is 9.36 Å². The van der Waals surface area contributed by atoms with E-state index in [0.29, 0.717) is 28.3 Å². The molecule has 0 spiro atoms. The molecular formula is C24H21ClF2N4O2S2. The fraction of sp³-hybridized carbons (Fsp3) is 0.208. The van der Waals surface area contributed by atoms with Crippen molar-refractivity contribution in [3.05, 3.63) is 90.9 Å². The Bertz CT molecular complexity index is 1600. The van der Waals surface area contributed by atoms with Crippen LogP contribution < -0.4 is 36.6 Å². The highest BCUT2D eigenvalue weighted by Gasteiger charge is 2.29. The van der Waals surface area contributed by atoms with Gasteiger partial charge in [-0.15, -0.1) is 11.3 Å². The van der Waals surface area contributed by atoms with Gasteiger partial charge in [-0.25, -0.2) is 8.78 Å². The second-order valence-corrected chi connectivity index (χ2v) is 9.85. The Labute approximate surface area is 214 Å². The summed E-state index contributed by atoms with van der Waals surface area (Å²) in [5.74, 6) is -1.05. The number of hydrogen-bond donors (Lipinski definition) is 0. The lowest BCUT2D eigenvalue weighted by atomic mass is 10.3. The van der Waals surface area contributed by atoms with Gasteiger partial charge >= 0.3 is 0 Å². The molecule has 0 aliphatic carbocycles. The van der Waals surface area contributed by atoms with Crippen LogP contribution in [0.3, 0.4) is 0 Å². The third kappa shape index (κ3) is 4.53. The highest BCUT2D eigenvalue weighted by atomic mass is 35.5. The first kappa shape index (κ1) is 25.2. The van der Waals surface area contributed by atoms with Crippen molar-refractivity contribution in [2.75, 3.05) is 11.9 Å². The first-order valence-electron chi connectivity index (χ1n) is 10.6. The number of aryl methyl sites for hydroxylation is 1. The third-order valence-electron chi connectivity index (χ3n) is 5.57. The Morgan fingerprint density at radius 2 is 2.03 bits per heavy atom. The summed E-state index contributed by atoms with van der Waals surface area (Å²) < 4.78 is 38.3. The Morgan fingerprint density at radius 3 is 2.74 bits per heavy atom. The van der Waals surface area contributed by atoms with E-state index in [1.807, 2.05) is 55.0 Å². The molecule has 1 aliphatic rings. The average molecular weight is 535 g/mol. The van der Waals surface area contributed by atoms with Gasteiger partial charge in [0.15, 0.2) is 24.4 Å². The quantitative estimate of drug-likeness (QED) is 0.345. The van der Waals surface area contributed by atoms with E-state index in [2.05, 4.69) is 5.16 Å². The number of halogens is 3. The maximum absolute atomic E-state index is 14.4. The van der Waals surface area contributed by atoms with Gasteiger partial charge in [-0.1, -0.05) is 16.9 Å². The summed E-state index contributed by atoms with van der Waals surface area (Å²) in [6.07, 6.45) is 3.90. The lowest BCUT2D eigenvalue weighted by molar-refractivity contribution is -0.690. The van der Waals surface area contributed by atoms with Crippen LogP contribution in [0.4, 0.5) is 14.5 Å². The van der Waals surface area contributed by atoms with Crippen molar-refractivity contribution < 1.29 is 30.3 Å². The van der Waals surface area contributed by atoms with Crippen LogP contribution in [-0.2, 0) is 13.1 Å². The number of rotatable bonds is 4. The van der Waals surface area contributed by atoms with Gasteiger partial charge in [0.1, 0.15) is 25.7 Å². The summed E-state index contributed by atoms with van der Waals surface area (Å²) in [5.41, 5.74) is 2.09. The Hall–Kier alpha value is -2.95. The van der Waals surface area contributed by atoms with E-state index >= 15 is 0 Å². The van der Waals surface area contributed by atoms with Crippen molar-refractivity contribution in [1.29, 1.82) is 0 Å². The number of benzene rings is 1. The lowest BCUT2D eigenvalue weighted by Gasteiger charge is -2.12. The van der Waals surface area contributed by atoms with Gasteiger partial charge < -0.3 is 21.8 Å². The normalized spacial score (nSPS) is 14.9. The maximum Gasteiger partial charge on any atom is 0.271 e. The molecule has 1 aromatic carbocycles. The Balaban J connectivity index is 0.00000289. The van der Waals surface area contributed by atoms with E-state index in [0.717, 1.165) is 39.6 Å². The molecule has 6 nitrogen and oxygen atoms in total. The van der Waals surface area contributed by atoms with Gasteiger partial charge in [-0.2, -0.15) is 4.57 Å². The van der Waals surface area contributed by atoms with Gasteiger partial charge in [-0.05, 0) is 32.0 Å². The Kier molecular flexibility index (Phi) is 7.16. The number of aromatic nitrogens is 3. The molecule has 0 radical (unpaired) electrons. The highest BCUT2D eigenvalue weighted by Crippen LogP contribution is 2.47. The summed E-state index contributed by atoms with van der Waals surface area (Å²) in [7, 11) is 1.76. The summed E-state index contributed by atoms with van der Waals surface area (Å²) in [4.78, 5) is 15.3. The number of fused-ring (bicyclic) bond motifs is 1. The molecule has 1 aliphatic heterocycles. The lowest BCUT2D eigenvalue weighted by Crippen LogP contribution is -3.00. The van der Waals surface area contributed by atoms with Gasteiger partial charge in [0.05, 0.1) is 10.6 Å². The fourth-order valence-electron chi connectivity index (χ4n) is 3.88. The molecule has 0 saturated carbocycles. The number of thiazole rings is 1. The Morgan fingerprint density at radius 1 is 1.23 bits per heavy atom. The fourth-order valence-corrected chi connectivity index (χ4v) is 6.37. The molecule has 0 fully saturated rings. The van der Waals surface area contributed by atoms with Crippen LogP contribution in [0, 0.1) is 18.6 Å². The SMILES string of the molecule is CCn1c(=O)/c(=C2\Sc3c(ccc(F)c3F)N2C)s/c1=C\c1cccc[n+]1Cc1cc(C)on1.[Cl-]. The molecule has 0 unspecified atom stereocenters. The minimum atomic E-state index is -0.900. The predicted molar refractivity (Wildman–Crippen MR) is 128 cm³/mol. The van der Waals surface area contributed by atoms with Crippen LogP contribution in [0.5, 0.6) is 0 Å².